The minimum absolute atomic E-state index is 0.110. The number of aromatic nitrogens is 1. The molecule has 0 radical (unpaired) electrons. The minimum Gasteiger partial charge on any atom is -0.399 e. The quantitative estimate of drug-likeness (QED) is 0.694. The molecule has 0 amide bonds. The van der Waals surface area contributed by atoms with Gasteiger partial charge in [-0.15, -0.1) is 0 Å². The van der Waals surface area contributed by atoms with Gasteiger partial charge in [0.1, 0.15) is 5.82 Å². The molecule has 26 heavy (non-hydrogen) atoms. The Bertz CT molecular complexity index is 1120. The van der Waals surface area contributed by atoms with Gasteiger partial charge in [0.15, 0.2) is 0 Å². The van der Waals surface area contributed by atoms with E-state index in [4.69, 9.17) is 5.73 Å². The van der Waals surface area contributed by atoms with E-state index in [1.54, 1.807) is 12.3 Å². The number of nitrogen functional groups attached to an aromatic ring is 1. The van der Waals surface area contributed by atoms with Crippen LogP contribution in [0.2, 0.25) is 0 Å². The van der Waals surface area contributed by atoms with Gasteiger partial charge in [-0.1, -0.05) is 6.08 Å². The number of nitrogens with two attached hydrogens (primary N) is 1. The molecule has 0 spiro atoms. The van der Waals surface area contributed by atoms with Crippen molar-refractivity contribution in [1.82, 2.24) is 9.29 Å². The van der Waals surface area contributed by atoms with E-state index in [2.05, 4.69) is 5.32 Å². The number of anilines is 1. The number of nitrogens with zero attached hydrogens (tertiary/aromatic N) is 1. The van der Waals surface area contributed by atoms with Gasteiger partial charge in [-0.3, -0.25) is 0 Å². The first kappa shape index (κ1) is 16.8. The predicted octanol–water partition coefficient (Wildman–Crippen LogP) is 2.98. The standard InChI is InChI=1S/C19H18FN3O2S/c20-14-1-6-17-18(13-7-9-22-10-8-13)12-23(19(17)11-14)26(24,25)16-4-2-15(21)3-5-16/h1-7,11-12,22H,8-10,21H2. The summed E-state index contributed by atoms with van der Waals surface area (Å²) < 4.78 is 41.3. The van der Waals surface area contributed by atoms with Crippen molar-refractivity contribution in [3.05, 3.63) is 66.1 Å². The van der Waals surface area contributed by atoms with Crippen LogP contribution in [0.5, 0.6) is 0 Å². The first-order chi connectivity index (χ1) is 12.5. The zero-order valence-corrected chi connectivity index (χ0v) is 14.8. The van der Waals surface area contributed by atoms with E-state index >= 15 is 0 Å². The van der Waals surface area contributed by atoms with Crippen LogP contribution in [0.3, 0.4) is 0 Å². The maximum Gasteiger partial charge on any atom is 0.268 e. The molecule has 2 aromatic carbocycles. The summed E-state index contributed by atoms with van der Waals surface area (Å²) in [6, 6.07) is 10.2. The molecule has 0 saturated heterocycles. The van der Waals surface area contributed by atoms with Crippen molar-refractivity contribution in [1.29, 1.82) is 0 Å². The van der Waals surface area contributed by atoms with Crippen molar-refractivity contribution in [2.75, 3.05) is 18.8 Å². The van der Waals surface area contributed by atoms with Gasteiger partial charge in [0.25, 0.3) is 10.0 Å². The molecule has 0 bridgehead atoms. The highest BCUT2D eigenvalue weighted by atomic mass is 32.2. The molecule has 7 heteroatoms. The Morgan fingerprint density at radius 2 is 1.88 bits per heavy atom. The summed E-state index contributed by atoms with van der Waals surface area (Å²) in [6.45, 7) is 1.55. The molecule has 1 aliphatic heterocycles. The van der Waals surface area contributed by atoms with Crippen molar-refractivity contribution in [2.45, 2.75) is 11.3 Å². The van der Waals surface area contributed by atoms with Crippen LogP contribution >= 0.6 is 0 Å². The van der Waals surface area contributed by atoms with Gasteiger partial charge in [-0.2, -0.15) is 0 Å². The summed E-state index contributed by atoms with van der Waals surface area (Å²) in [7, 11) is -3.87. The molecular weight excluding hydrogens is 353 g/mol. The molecule has 1 aliphatic rings. The second-order valence-corrected chi connectivity index (χ2v) is 8.07. The van der Waals surface area contributed by atoms with Gasteiger partial charge in [0.2, 0.25) is 0 Å². The van der Waals surface area contributed by atoms with Crippen LogP contribution in [0.4, 0.5) is 10.1 Å². The molecule has 0 fully saturated rings. The van der Waals surface area contributed by atoms with E-state index < -0.39 is 15.8 Å². The molecule has 0 atom stereocenters. The van der Waals surface area contributed by atoms with Gasteiger partial charge in [-0.05, 0) is 61.0 Å². The number of fused-ring (bicyclic) bond motifs is 1. The van der Waals surface area contributed by atoms with Crippen molar-refractivity contribution < 1.29 is 12.8 Å². The molecule has 1 aromatic heterocycles. The highest BCUT2D eigenvalue weighted by Gasteiger charge is 2.23. The van der Waals surface area contributed by atoms with Gasteiger partial charge in [0.05, 0.1) is 10.4 Å². The first-order valence-electron chi connectivity index (χ1n) is 8.29. The largest absolute Gasteiger partial charge is 0.399 e. The number of benzene rings is 2. The van der Waals surface area contributed by atoms with E-state index in [0.717, 1.165) is 40.0 Å². The number of nitrogens with one attached hydrogen (secondary N) is 1. The molecule has 4 rings (SSSR count). The smallest absolute Gasteiger partial charge is 0.268 e. The Kier molecular flexibility index (Phi) is 4.05. The van der Waals surface area contributed by atoms with Gasteiger partial charge in [0, 0.05) is 29.4 Å². The third-order valence-electron chi connectivity index (χ3n) is 4.58. The molecule has 2 heterocycles. The average Bonchev–Trinajstić information content (AvgIpc) is 3.02. The number of hydrogen-bond acceptors (Lipinski definition) is 4. The van der Waals surface area contributed by atoms with Crippen molar-refractivity contribution in [3.8, 4) is 0 Å². The third kappa shape index (κ3) is 2.79. The molecule has 0 saturated carbocycles. The topological polar surface area (TPSA) is 77.1 Å². The molecular formula is C19H18FN3O2S. The Hall–Kier alpha value is -2.64. The zero-order valence-electron chi connectivity index (χ0n) is 13.9. The second kappa shape index (κ2) is 6.26. The Labute approximate surface area is 151 Å². The Morgan fingerprint density at radius 1 is 1.12 bits per heavy atom. The first-order valence-corrected chi connectivity index (χ1v) is 9.73. The highest BCUT2D eigenvalue weighted by molar-refractivity contribution is 7.90. The van der Waals surface area contributed by atoms with Crippen LogP contribution in [0.15, 0.2) is 59.6 Å². The fourth-order valence-electron chi connectivity index (χ4n) is 3.25. The minimum atomic E-state index is -3.87. The summed E-state index contributed by atoms with van der Waals surface area (Å²) in [5.74, 6) is -0.477. The summed E-state index contributed by atoms with van der Waals surface area (Å²) in [6.07, 6.45) is 4.42. The summed E-state index contributed by atoms with van der Waals surface area (Å²) in [5, 5.41) is 3.96. The van der Waals surface area contributed by atoms with Crippen LogP contribution in [-0.2, 0) is 10.0 Å². The van der Waals surface area contributed by atoms with Gasteiger partial charge >= 0.3 is 0 Å². The SMILES string of the molecule is Nc1ccc(S(=O)(=O)n2cc(C3=CCNCC3)c3ccc(F)cc32)cc1. The molecule has 0 aliphatic carbocycles. The lowest BCUT2D eigenvalue weighted by Gasteiger charge is -2.13. The highest BCUT2D eigenvalue weighted by Crippen LogP contribution is 2.32. The van der Waals surface area contributed by atoms with E-state index in [1.165, 1.54) is 36.4 Å². The molecule has 134 valence electrons. The fraction of sp³-hybridized carbons (Fsp3) is 0.158. The van der Waals surface area contributed by atoms with E-state index in [9.17, 15) is 12.8 Å². The van der Waals surface area contributed by atoms with Crippen LogP contribution in [0, 0.1) is 5.82 Å². The van der Waals surface area contributed by atoms with Crippen LogP contribution < -0.4 is 11.1 Å². The monoisotopic (exact) mass is 371 g/mol. The predicted molar refractivity (Wildman–Crippen MR) is 101 cm³/mol. The number of rotatable bonds is 3. The number of halogens is 1. The number of hydrogen-bond donors (Lipinski definition) is 2. The Balaban J connectivity index is 1.96. The molecule has 0 unspecified atom stereocenters. The zero-order chi connectivity index (χ0) is 18.3. The van der Waals surface area contributed by atoms with Crippen molar-refractivity contribution in [3.63, 3.8) is 0 Å². The van der Waals surface area contributed by atoms with Crippen LogP contribution in [-0.4, -0.2) is 25.5 Å². The van der Waals surface area contributed by atoms with Crippen molar-refractivity contribution >= 4 is 32.2 Å². The maximum absolute atomic E-state index is 13.9. The fourth-order valence-corrected chi connectivity index (χ4v) is 4.61. The van der Waals surface area contributed by atoms with E-state index in [-0.39, 0.29) is 4.90 Å². The third-order valence-corrected chi connectivity index (χ3v) is 6.27. The van der Waals surface area contributed by atoms with E-state index in [1.807, 2.05) is 6.08 Å². The van der Waals surface area contributed by atoms with Gasteiger partial charge < -0.3 is 11.1 Å². The maximum atomic E-state index is 13.9. The summed E-state index contributed by atoms with van der Waals surface area (Å²) >= 11 is 0. The van der Waals surface area contributed by atoms with Crippen LogP contribution in [0.1, 0.15) is 12.0 Å². The van der Waals surface area contributed by atoms with Crippen molar-refractivity contribution in [2.24, 2.45) is 0 Å². The summed E-state index contributed by atoms with van der Waals surface area (Å²) in [4.78, 5) is 0.110. The average molecular weight is 371 g/mol. The second-order valence-electron chi connectivity index (χ2n) is 6.26. The summed E-state index contributed by atoms with van der Waals surface area (Å²) in [5.41, 5.74) is 8.35. The lowest BCUT2D eigenvalue weighted by molar-refractivity contribution is 0.589. The van der Waals surface area contributed by atoms with Crippen LogP contribution in [0.25, 0.3) is 16.5 Å². The molecule has 3 aromatic rings. The van der Waals surface area contributed by atoms with Gasteiger partial charge in [-0.25, -0.2) is 16.8 Å². The molecule has 3 N–H and O–H groups in total. The Morgan fingerprint density at radius 3 is 2.58 bits per heavy atom. The van der Waals surface area contributed by atoms with E-state index in [0.29, 0.717) is 11.2 Å². The normalized spacial score (nSPS) is 15.2. The lowest BCUT2D eigenvalue weighted by atomic mass is 10.00. The molecule has 5 nitrogen and oxygen atoms in total. The lowest BCUT2D eigenvalue weighted by Crippen LogP contribution is -2.20.